The number of fused-ring (bicyclic) bond motifs is 1. The van der Waals surface area contributed by atoms with Crippen molar-refractivity contribution in [1.29, 1.82) is 0 Å². The lowest BCUT2D eigenvalue weighted by atomic mass is 9.98. The SMILES string of the molecule is CC(C)C[C@H](NC(=O)CCC(=O)O)C(=O)N[C@@H](CC(C)C)C(=O)N[C@@H](CCC(=O)O)C(=O)N[C@@H](CCCCN)C(=O)N[C@@H](CC(C)C)C(=O)N[C@@H](CC(C)C)C(=O)N[C@@H](CCC(N)=O)C(=O)N[C@@H](Cc1c[nH]c2ccccc12)C(=O)N[C@@H](CC(C)C)C(=O)N[C@@H](CCCCN)C(N)=O. The highest BCUT2D eigenvalue weighted by Gasteiger charge is 2.37. The molecule has 0 unspecified atom stereocenters. The maximum Gasteiger partial charge on any atom is 0.303 e. The number of benzene rings is 1. The lowest BCUT2D eigenvalue weighted by Gasteiger charge is -2.29. The van der Waals surface area contributed by atoms with Crippen LogP contribution in [0.3, 0.4) is 0 Å². The van der Waals surface area contributed by atoms with E-state index in [0.717, 1.165) is 0 Å². The lowest BCUT2D eigenvalue weighted by Crippen LogP contribution is -2.61. The number of hydrogen-bond acceptors (Lipinski definition) is 16. The third-order valence-corrected chi connectivity index (χ3v) is 15.8. The van der Waals surface area contributed by atoms with E-state index in [1.54, 1.807) is 85.9 Å². The van der Waals surface area contributed by atoms with Crippen molar-refractivity contribution in [3.05, 3.63) is 36.0 Å². The van der Waals surface area contributed by atoms with Crippen LogP contribution in [-0.2, 0) is 73.5 Å². The summed E-state index contributed by atoms with van der Waals surface area (Å²) in [6.07, 6.45) is 0.621. The number of carboxylic acids is 2. The van der Waals surface area contributed by atoms with Crippen LogP contribution >= 0.6 is 0 Å². The Kier molecular flexibility index (Phi) is 38.5. The van der Waals surface area contributed by atoms with Gasteiger partial charge in [0.2, 0.25) is 70.9 Å². The fourth-order valence-electron chi connectivity index (χ4n) is 10.8. The molecule has 1 aromatic heterocycles. The van der Waals surface area contributed by atoms with Crippen LogP contribution in [0.5, 0.6) is 0 Å². The molecule has 0 aliphatic rings. The minimum Gasteiger partial charge on any atom is -0.481 e. The van der Waals surface area contributed by atoms with Gasteiger partial charge in [-0.3, -0.25) is 67.1 Å². The van der Waals surface area contributed by atoms with Crippen molar-refractivity contribution in [2.45, 2.75) is 245 Å². The Morgan fingerprint density at radius 3 is 1.06 bits per heavy atom. The average Bonchev–Trinajstić information content (AvgIpc) is 1.59. The highest BCUT2D eigenvalue weighted by atomic mass is 16.4. The molecule has 12 amide bonds. The Balaban J connectivity index is 2.58. The highest BCUT2D eigenvalue weighted by Crippen LogP contribution is 2.21. The van der Waals surface area contributed by atoms with E-state index in [1.165, 1.54) is 0 Å². The van der Waals surface area contributed by atoms with Gasteiger partial charge in [-0.05, 0) is 138 Å². The van der Waals surface area contributed by atoms with Crippen LogP contribution in [0.4, 0.5) is 0 Å². The molecule has 10 atom stereocenters. The van der Waals surface area contributed by atoms with E-state index < -0.39 is 175 Å². The summed E-state index contributed by atoms with van der Waals surface area (Å²) >= 11 is 0. The number of carbonyl (C=O) groups excluding carboxylic acids is 12. The number of H-pyrrole nitrogens is 1. The number of para-hydroxylation sites is 1. The molecule has 31 nitrogen and oxygen atoms in total. The van der Waals surface area contributed by atoms with E-state index in [1.807, 2.05) is 13.8 Å². The lowest BCUT2D eigenvalue weighted by molar-refractivity contribution is -0.139. The van der Waals surface area contributed by atoms with Gasteiger partial charge in [0.05, 0.1) is 6.42 Å². The van der Waals surface area contributed by atoms with Crippen LogP contribution in [-0.4, -0.2) is 172 Å². The molecule has 0 fully saturated rings. The fourth-order valence-corrected chi connectivity index (χ4v) is 10.8. The van der Waals surface area contributed by atoms with Crippen LogP contribution in [0.15, 0.2) is 30.5 Å². The van der Waals surface area contributed by atoms with Gasteiger partial charge in [-0.15, -0.1) is 0 Å². The molecule has 1 aromatic carbocycles. The van der Waals surface area contributed by atoms with Gasteiger partial charge in [-0.1, -0.05) is 87.4 Å². The summed E-state index contributed by atoms with van der Waals surface area (Å²) < 4.78 is 0. The maximum absolute atomic E-state index is 14.7. The Morgan fingerprint density at radius 1 is 0.378 bits per heavy atom. The van der Waals surface area contributed by atoms with Crippen molar-refractivity contribution in [2.24, 2.45) is 52.5 Å². The van der Waals surface area contributed by atoms with Crippen molar-refractivity contribution in [3.63, 3.8) is 0 Å². The van der Waals surface area contributed by atoms with Crippen LogP contribution in [0.25, 0.3) is 10.9 Å². The molecule has 0 radical (unpaired) electrons. The number of amides is 12. The van der Waals surface area contributed by atoms with E-state index in [4.69, 9.17) is 28.0 Å². The minimum atomic E-state index is -1.61. The van der Waals surface area contributed by atoms with Gasteiger partial charge in [-0.2, -0.15) is 0 Å². The number of unbranched alkanes of at least 4 members (excludes halogenated alkanes) is 2. The Bertz CT molecular complexity index is 2990. The molecule has 2 rings (SSSR count). The summed E-state index contributed by atoms with van der Waals surface area (Å²) in [6, 6.07) is -6.51. The van der Waals surface area contributed by atoms with Gasteiger partial charge in [0, 0.05) is 42.8 Å². The first-order valence-corrected chi connectivity index (χ1v) is 34.0. The van der Waals surface area contributed by atoms with Crippen LogP contribution in [0, 0.1) is 29.6 Å². The van der Waals surface area contributed by atoms with Crippen LogP contribution < -0.4 is 76.1 Å². The molecule has 0 aliphatic heterocycles. The number of carbonyl (C=O) groups is 14. The summed E-state index contributed by atoms with van der Waals surface area (Å²) in [7, 11) is 0. The van der Waals surface area contributed by atoms with Crippen molar-refractivity contribution in [3.8, 4) is 0 Å². The molecule has 0 bridgehead atoms. The summed E-state index contributed by atoms with van der Waals surface area (Å²) in [4.78, 5) is 193. The molecule has 550 valence electrons. The van der Waals surface area contributed by atoms with E-state index in [-0.39, 0.29) is 100 Å². The number of hydrogen-bond donors (Lipinski definition) is 17. The largest absolute Gasteiger partial charge is 0.481 e. The zero-order valence-electron chi connectivity index (χ0n) is 58.6. The summed E-state index contributed by atoms with van der Waals surface area (Å²) in [6.45, 7) is 18.3. The molecule has 21 N–H and O–H groups in total. The maximum atomic E-state index is 14.7. The van der Waals surface area contributed by atoms with Crippen molar-refractivity contribution in [2.75, 3.05) is 13.1 Å². The fraction of sp³-hybridized carbons (Fsp3) is 0.672. The number of nitrogens with one attached hydrogen (secondary N) is 11. The predicted molar refractivity (Wildman–Crippen MR) is 366 cm³/mol. The predicted octanol–water partition coefficient (Wildman–Crippen LogP) is 0.527. The topological polar surface area (TPSA) is 520 Å². The number of aromatic nitrogens is 1. The molecule has 98 heavy (non-hydrogen) atoms. The van der Waals surface area contributed by atoms with Crippen molar-refractivity contribution < 1.29 is 77.3 Å². The molecule has 0 spiro atoms. The van der Waals surface area contributed by atoms with E-state index >= 15 is 0 Å². The van der Waals surface area contributed by atoms with E-state index in [9.17, 15) is 72.2 Å². The number of nitrogens with two attached hydrogens (primary N) is 4. The van der Waals surface area contributed by atoms with Gasteiger partial charge >= 0.3 is 11.9 Å². The van der Waals surface area contributed by atoms with Crippen molar-refractivity contribution >= 4 is 93.7 Å². The van der Waals surface area contributed by atoms with E-state index in [2.05, 4.69) is 58.2 Å². The Morgan fingerprint density at radius 2 is 0.694 bits per heavy atom. The highest BCUT2D eigenvalue weighted by molar-refractivity contribution is 5.99. The zero-order chi connectivity index (χ0) is 73.9. The number of carboxylic acid groups (broad SMARTS) is 2. The molecule has 2 aromatic rings. The number of rotatable bonds is 49. The monoisotopic (exact) mass is 1380 g/mol. The molecule has 0 saturated carbocycles. The molecule has 1 heterocycles. The van der Waals surface area contributed by atoms with Crippen LogP contribution in [0.2, 0.25) is 0 Å². The molecular weight excluding hydrogens is 1270 g/mol. The first kappa shape index (κ1) is 85.3. The zero-order valence-corrected chi connectivity index (χ0v) is 58.6. The average molecular weight is 1380 g/mol. The first-order chi connectivity index (χ1) is 46.0. The molecular formula is C67H111N15O16. The van der Waals surface area contributed by atoms with Gasteiger partial charge in [0.25, 0.3) is 0 Å². The van der Waals surface area contributed by atoms with Gasteiger partial charge < -0.3 is 91.3 Å². The smallest absolute Gasteiger partial charge is 0.303 e. The first-order valence-electron chi connectivity index (χ1n) is 34.0. The second-order valence-electron chi connectivity index (χ2n) is 27.2. The van der Waals surface area contributed by atoms with Crippen LogP contribution in [0.1, 0.15) is 184 Å². The second-order valence-corrected chi connectivity index (χ2v) is 27.2. The quantitative estimate of drug-likeness (QED) is 0.0402. The summed E-state index contributed by atoms with van der Waals surface area (Å²) in [5.74, 6) is -13.8. The number of aliphatic carboxylic acids is 2. The molecule has 0 aliphatic carbocycles. The minimum absolute atomic E-state index is 0.0115. The third kappa shape index (κ3) is 33.0. The van der Waals surface area contributed by atoms with Crippen molar-refractivity contribution in [1.82, 2.24) is 58.2 Å². The molecule has 31 heteroatoms. The number of aromatic amines is 1. The van der Waals surface area contributed by atoms with Gasteiger partial charge in [0.15, 0.2) is 0 Å². The summed E-state index contributed by atoms with van der Waals surface area (Å²) in [5.41, 5.74) is 24.0. The Hall–Kier alpha value is -8.74. The standard InChI is InChI=1S/C67H111N15O16/c1-36(2)29-48(73-55(84)24-26-57(87)88)62(93)79-50(31-38(5)6)65(96)77-47(22-25-56(85)86)60(91)75-45(20-14-16-28-69)59(90)78-52(33-40(9)10)66(97)80-51(32-39(7)8)64(95)76-46(21-23-54(70)83)61(92)82-53(34-41-35-72-43-18-12-11-17-42(41)43)67(98)81-49(30-37(3)4)63(94)74-44(58(71)89)19-13-15-27-68/h11-12,17-18,35-40,44-53,72H,13-16,19-34,68-69H2,1-10H3,(H2,70,83)(H2,71,89)(H,73,84)(H,74,94)(H,75,91)(H,76,95)(H,77,96)(H,78,90)(H,79,93)(H,80,97)(H,81,98)(H,82,92)(H,85,86)(H,87,88)/t44-,45-,46-,47-,48-,49-,50-,51-,52-,53-/m0/s1. The Labute approximate surface area is 574 Å². The van der Waals surface area contributed by atoms with Gasteiger partial charge in [-0.25, -0.2) is 0 Å². The third-order valence-electron chi connectivity index (χ3n) is 15.8. The molecule has 0 saturated heterocycles. The normalized spacial score (nSPS) is 14.5. The second kappa shape index (κ2) is 44.2. The summed E-state index contributed by atoms with van der Waals surface area (Å²) in [5, 5.41) is 46.1. The van der Waals surface area contributed by atoms with E-state index in [0.29, 0.717) is 42.3 Å². The van der Waals surface area contributed by atoms with Gasteiger partial charge in [0.1, 0.15) is 60.4 Å². The number of primary amides is 2.